The van der Waals surface area contributed by atoms with Crippen LogP contribution in [0.2, 0.25) is 0 Å². The third-order valence-corrected chi connectivity index (χ3v) is 3.99. The normalized spacial score (nSPS) is 12.5. The average Bonchev–Trinajstić information content (AvgIpc) is 2.82. The Labute approximate surface area is 127 Å². The Morgan fingerprint density at radius 2 is 2.05 bits per heavy atom. The summed E-state index contributed by atoms with van der Waals surface area (Å²) in [5.74, 6) is 0.502. The Morgan fingerprint density at radius 3 is 2.76 bits per heavy atom. The van der Waals surface area contributed by atoms with E-state index in [0.29, 0.717) is 10.7 Å². The topological polar surface area (TPSA) is 55.7 Å². The SMILES string of the molecule is COc1ncnc2c1[nH]c(=S)n2C(C)c1ccccc1C. The van der Waals surface area contributed by atoms with Crippen molar-refractivity contribution < 1.29 is 4.74 Å². The summed E-state index contributed by atoms with van der Waals surface area (Å²) in [5.41, 5.74) is 3.92. The summed E-state index contributed by atoms with van der Waals surface area (Å²) in [4.78, 5) is 11.6. The van der Waals surface area contributed by atoms with Crippen LogP contribution in [0, 0.1) is 11.7 Å². The van der Waals surface area contributed by atoms with Crippen LogP contribution in [-0.2, 0) is 0 Å². The lowest BCUT2D eigenvalue weighted by atomic mass is 10.0. The van der Waals surface area contributed by atoms with Crippen molar-refractivity contribution in [2.24, 2.45) is 0 Å². The Kier molecular flexibility index (Phi) is 3.47. The highest BCUT2D eigenvalue weighted by Crippen LogP contribution is 2.27. The minimum Gasteiger partial charge on any atom is -0.479 e. The Bertz CT molecular complexity index is 852. The number of ether oxygens (including phenoxy) is 1. The smallest absolute Gasteiger partial charge is 0.242 e. The second kappa shape index (κ2) is 5.29. The molecule has 2 aromatic heterocycles. The monoisotopic (exact) mass is 300 g/mol. The molecule has 108 valence electrons. The molecule has 1 unspecified atom stereocenters. The summed E-state index contributed by atoms with van der Waals surface area (Å²) < 4.78 is 7.87. The molecule has 2 heterocycles. The van der Waals surface area contributed by atoms with Gasteiger partial charge in [-0.3, -0.25) is 4.57 Å². The van der Waals surface area contributed by atoms with Crippen molar-refractivity contribution in [3.05, 3.63) is 46.5 Å². The number of nitrogens with one attached hydrogen (secondary N) is 1. The molecular weight excluding hydrogens is 284 g/mol. The number of nitrogens with zero attached hydrogens (tertiary/aromatic N) is 3. The molecule has 6 heteroatoms. The molecular formula is C15H16N4OS. The van der Waals surface area contributed by atoms with Crippen molar-refractivity contribution in [3.8, 4) is 5.88 Å². The van der Waals surface area contributed by atoms with Gasteiger partial charge in [-0.15, -0.1) is 0 Å². The molecule has 1 N–H and O–H groups in total. The van der Waals surface area contributed by atoms with E-state index in [4.69, 9.17) is 17.0 Å². The van der Waals surface area contributed by atoms with Gasteiger partial charge in [0.15, 0.2) is 10.4 Å². The van der Waals surface area contributed by atoms with Crippen LogP contribution in [0.25, 0.3) is 11.2 Å². The average molecular weight is 300 g/mol. The molecule has 3 aromatic rings. The van der Waals surface area contributed by atoms with Crippen LogP contribution < -0.4 is 4.74 Å². The van der Waals surface area contributed by atoms with Crippen LogP contribution in [-0.4, -0.2) is 26.6 Å². The predicted octanol–water partition coefficient (Wildman–Crippen LogP) is 3.42. The van der Waals surface area contributed by atoms with E-state index < -0.39 is 0 Å². The Balaban J connectivity index is 2.24. The van der Waals surface area contributed by atoms with Gasteiger partial charge in [0.25, 0.3) is 0 Å². The molecule has 1 aromatic carbocycles. The number of aromatic amines is 1. The number of fused-ring (bicyclic) bond motifs is 1. The molecule has 0 aliphatic carbocycles. The fraction of sp³-hybridized carbons (Fsp3) is 0.267. The maximum absolute atomic E-state index is 5.46. The van der Waals surface area contributed by atoms with Crippen LogP contribution >= 0.6 is 12.2 Å². The molecule has 3 rings (SSSR count). The molecule has 21 heavy (non-hydrogen) atoms. The molecule has 0 spiro atoms. The molecule has 0 fully saturated rings. The predicted molar refractivity (Wildman–Crippen MR) is 84.3 cm³/mol. The minimum absolute atomic E-state index is 0.0760. The second-order valence-electron chi connectivity index (χ2n) is 4.91. The van der Waals surface area contributed by atoms with E-state index in [1.165, 1.54) is 17.5 Å². The Morgan fingerprint density at radius 1 is 1.29 bits per heavy atom. The zero-order valence-electron chi connectivity index (χ0n) is 12.1. The van der Waals surface area contributed by atoms with E-state index in [1.807, 2.05) is 16.7 Å². The van der Waals surface area contributed by atoms with E-state index in [1.54, 1.807) is 7.11 Å². The van der Waals surface area contributed by atoms with Crippen LogP contribution in [0.1, 0.15) is 24.1 Å². The van der Waals surface area contributed by atoms with Crippen molar-refractivity contribution in [2.45, 2.75) is 19.9 Å². The fourth-order valence-corrected chi connectivity index (χ4v) is 2.97. The first-order chi connectivity index (χ1) is 10.1. The molecule has 0 amide bonds. The van der Waals surface area contributed by atoms with Crippen LogP contribution in [0.4, 0.5) is 0 Å². The molecule has 0 radical (unpaired) electrons. The maximum atomic E-state index is 5.46. The van der Waals surface area contributed by atoms with Gasteiger partial charge in [0.2, 0.25) is 5.88 Å². The first kappa shape index (κ1) is 13.8. The van der Waals surface area contributed by atoms with Crippen LogP contribution in [0.5, 0.6) is 5.88 Å². The van der Waals surface area contributed by atoms with Gasteiger partial charge in [-0.25, -0.2) is 4.98 Å². The van der Waals surface area contributed by atoms with E-state index in [0.717, 1.165) is 11.2 Å². The number of hydrogen-bond donors (Lipinski definition) is 1. The molecule has 1 atom stereocenters. The van der Waals surface area contributed by atoms with E-state index in [2.05, 4.69) is 40.9 Å². The zero-order chi connectivity index (χ0) is 15.0. The first-order valence-corrected chi connectivity index (χ1v) is 7.09. The van der Waals surface area contributed by atoms with Gasteiger partial charge >= 0.3 is 0 Å². The van der Waals surface area contributed by atoms with Crippen molar-refractivity contribution >= 4 is 23.4 Å². The van der Waals surface area contributed by atoms with Gasteiger partial charge in [-0.2, -0.15) is 4.98 Å². The molecule has 0 bridgehead atoms. The minimum atomic E-state index is 0.0760. The summed E-state index contributed by atoms with van der Waals surface area (Å²) >= 11 is 5.46. The van der Waals surface area contributed by atoms with Gasteiger partial charge < -0.3 is 9.72 Å². The largest absolute Gasteiger partial charge is 0.479 e. The summed E-state index contributed by atoms with van der Waals surface area (Å²) in [6, 6.07) is 8.35. The van der Waals surface area contributed by atoms with Crippen molar-refractivity contribution in [1.82, 2.24) is 19.5 Å². The lowest BCUT2D eigenvalue weighted by Crippen LogP contribution is -2.09. The number of hydrogen-bond acceptors (Lipinski definition) is 4. The van der Waals surface area contributed by atoms with Crippen molar-refractivity contribution in [1.29, 1.82) is 0 Å². The Hall–Kier alpha value is -2.21. The highest BCUT2D eigenvalue weighted by molar-refractivity contribution is 7.71. The van der Waals surface area contributed by atoms with E-state index in [-0.39, 0.29) is 6.04 Å². The van der Waals surface area contributed by atoms with Crippen molar-refractivity contribution in [2.75, 3.05) is 7.11 Å². The number of benzene rings is 1. The molecule has 0 aliphatic rings. The summed E-state index contributed by atoms with van der Waals surface area (Å²) in [6.07, 6.45) is 1.49. The number of H-pyrrole nitrogens is 1. The van der Waals surface area contributed by atoms with Gasteiger partial charge in [0.1, 0.15) is 11.8 Å². The third-order valence-electron chi connectivity index (χ3n) is 3.69. The van der Waals surface area contributed by atoms with E-state index in [9.17, 15) is 0 Å². The van der Waals surface area contributed by atoms with E-state index >= 15 is 0 Å². The summed E-state index contributed by atoms with van der Waals surface area (Å²) in [6.45, 7) is 4.21. The number of aromatic nitrogens is 4. The third kappa shape index (κ3) is 2.21. The second-order valence-corrected chi connectivity index (χ2v) is 5.30. The first-order valence-electron chi connectivity index (χ1n) is 6.68. The summed E-state index contributed by atoms with van der Waals surface area (Å²) in [7, 11) is 1.58. The van der Waals surface area contributed by atoms with Crippen LogP contribution in [0.15, 0.2) is 30.6 Å². The van der Waals surface area contributed by atoms with Gasteiger partial charge in [0.05, 0.1) is 13.2 Å². The highest BCUT2D eigenvalue weighted by Gasteiger charge is 2.17. The molecule has 0 saturated carbocycles. The van der Waals surface area contributed by atoms with Crippen molar-refractivity contribution in [3.63, 3.8) is 0 Å². The molecule has 5 nitrogen and oxygen atoms in total. The number of imidazole rings is 1. The van der Waals surface area contributed by atoms with Gasteiger partial charge in [-0.1, -0.05) is 24.3 Å². The standard InChI is InChI=1S/C15H16N4OS/c1-9-6-4-5-7-11(9)10(2)19-13-12(18-15(19)21)14(20-3)17-8-16-13/h4-8,10H,1-3H3,(H,18,21). The highest BCUT2D eigenvalue weighted by atomic mass is 32.1. The molecule has 0 saturated heterocycles. The number of rotatable bonds is 3. The quantitative estimate of drug-likeness (QED) is 0.753. The lowest BCUT2D eigenvalue weighted by Gasteiger charge is -2.16. The summed E-state index contributed by atoms with van der Waals surface area (Å²) in [5, 5.41) is 0. The number of aryl methyl sites for hydroxylation is 1. The fourth-order valence-electron chi connectivity index (χ4n) is 2.62. The van der Waals surface area contributed by atoms with Crippen LogP contribution in [0.3, 0.4) is 0 Å². The number of methoxy groups -OCH3 is 1. The zero-order valence-corrected chi connectivity index (χ0v) is 12.9. The maximum Gasteiger partial charge on any atom is 0.242 e. The lowest BCUT2D eigenvalue weighted by molar-refractivity contribution is 0.401. The van der Waals surface area contributed by atoms with Gasteiger partial charge in [0, 0.05) is 0 Å². The van der Waals surface area contributed by atoms with Gasteiger partial charge in [-0.05, 0) is 37.2 Å². The molecule has 0 aliphatic heterocycles.